The summed E-state index contributed by atoms with van der Waals surface area (Å²) in [5.41, 5.74) is 0.229. The minimum Gasteiger partial charge on any atom is -0.316 e. The van der Waals surface area contributed by atoms with E-state index >= 15 is 0 Å². The number of aldehydes is 1. The zero-order chi connectivity index (χ0) is 9.19. The van der Waals surface area contributed by atoms with Gasteiger partial charge in [-0.1, -0.05) is 26.0 Å². The number of hydrogen-bond acceptors (Lipinski definition) is 2. The summed E-state index contributed by atoms with van der Waals surface area (Å²) in [5.74, 6) is 0.0584. The van der Waals surface area contributed by atoms with Crippen molar-refractivity contribution in [1.29, 1.82) is 0 Å². The van der Waals surface area contributed by atoms with E-state index < -0.39 is 0 Å². The maximum absolute atomic E-state index is 10.6. The molecule has 0 amide bonds. The number of hydrogen-bond donors (Lipinski definition) is 1. The lowest BCUT2D eigenvalue weighted by molar-refractivity contribution is -0.110. The summed E-state index contributed by atoms with van der Waals surface area (Å²) in [7, 11) is 1.91. The molecule has 0 saturated carbocycles. The third-order valence-corrected chi connectivity index (χ3v) is 2.51. The van der Waals surface area contributed by atoms with Crippen LogP contribution in [-0.4, -0.2) is 19.4 Å². The highest BCUT2D eigenvalue weighted by Crippen LogP contribution is 2.31. The summed E-state index contributed by atoms with van der Waals surface area (Å²) in [5, 5.41) is 3.18. The first-order valence-electron chi connectivity index (χ1n) is 4.41. The van der Waals surface area contributed by atoms with Crippen LogP contribution in [0.25, 0.3) is 0 Å². The summed E-state index contributed by atoms with van der Waals surface area (Å²) in [6, 6.07) is 0.308. The molecule has 12 heavy (non-hydrogen) atoms. The van der Waals surface area contributed by atoms with Crippen LogP contribution in [-0.2, 0) is 4.79 Å². The van der Waals surface area contributed by atoms with Gasteiger partial charge in [-0.25, -0.2) is 0 Å². The second-order valence-corrected chi connectivity index (χ2v) is 4.16. The molecule has 0 fully saturated rings. The topological polar surface area (TPSA) is 29.1 Å². The Bertz CT molecular complexity index is 196. The summed E-state index contributed by atoms with van der Waals surface area (Å²) in [4.78, 5) is 10.6. The Morgan fingerprint density at radius 3 is 2.75 bits per heavy atom. The summed E-state index contributed by atoms with van der Waals surface area (Å²) < 4.78 is 0. The first-order chi connectivity index (χ1) is 5.59. The highest BCUT2D eigenvalue weighted by atomic mass is 16.1. The molecular weight excluding hydrogens is 150 g/mol. The molecule has 2 unspecified atom stereocenters. The van der Waals surface area contributed by atoms with Gasteiger partial charge < -0.3 is 10.1 Å². The van der Waals surface area contributed by atoms with Gasteiger partial charge >= 0.3 is 0 Å². The highest BCUT2D eigenvalue weighted by Gasteiger charge is 2.29. The van der Waals surface area contributed by atoms with Crippen molar-refractivity contribution in [3.63, 3.8) is 0 Å². The summed E-state index contributed by atoms with van der Waals surface area (Å²) >= 11 is 0. The molecule has 1 rings (SSSR count). The monoisotopic (exact) mass is 167 g/mol. The maximum atomic E-state index is 10.6. The van der Waals surface area contributed by atoms with Crippen LogP contribution in [0.5, 0.6) is 0 Å². The van der Waals surface area contributed by atoms with Crippen molar-refractivity contribution in [3.05, 3.63) is 12.2 Å². The van der Waals surface area contributed by atoms with E-state index in [1.54, 1.807) is 0 Å². The van der Waals surface area contributed by atoms with Gasteiger partial charge in [0.15, 0.2) is 0 Å². The van der Waals surface area contributed by atoms with E-state index in [1.807, 2.05) is 13.1 Å². The maximum Gasteiger partial charge on any atom is 0.128 e. The average molecular weight is 167 g/mol. The molecule has 0 heterocycles. The molecule has 0 aromatic carbocycles. The number of nitrogens with one attached hydrogen (secondary N) is 1. The molecular formula is C10H17NO. The molecule has 0 aromatic heterocycles. The third kappa shape index (κ3) is 1.95. The predicted molar refractivity (Wildman–Crippen MR) is 49.9 cm³/mol. The van der Waals surface area contributed by atoms with Crippen LogP contribution in [0.2, 0.25) is 0 Å². The van der Waals surface area contributed by atoms with E-state index in [4.69, 9.17) is 0 Å². The number of carbonyl (C=O) groups is 1. The Morgan fingerprint density at radius 2 is 2.25 bits per heavy atom. The lowest BCUT2D eigenvalue weighted by Gasteiger charge is -2.33. The van der Waals surface area contributed by atoms with E-state index in [9.17, 15) is 4.79 Å². The predicted octanol–water partition coefficient (Wildman–Crippen LogP) is 1.38. The van der Waals surface area contributed by atoms with Crippen LogP contribution in [0.15, 0.2) is 12.2 Å². The average Bonchev–Trinajstić information content (AvgIpc) is 2.03. The van der Waals surface area contributed by atoms with E-state index in [1.165, 1.54) is 0 Å². The van der Waals surface area contributed by atoms with Gasteiger partial charge in [-0.2, -0.15) is 0 Å². The van der Waals surface area contributed by atoms with Crippen molar-refractivity contribution in [3.8, 4) is 0 Å². The lowest BCUT2D eigenvalue weighted by Crippen LogP contribution is -2.39. The van der Waals surface area contributed by atoms with E-state index in [0.717, 1.165) is 12.7 Å². The first kappa shape index (κ1) is 9.46. The molecule has 2 heteroatoms. The Balaban J connectivity index is 2.75. The van der Waals surface area contributed by atoms with E-state index in [2.05, 4.69) is 25.2 Å². The van der Waals surface area contributed by atoms with Gasteiger partial charge in [0.05, 0.1) is 0 Å². The van der Waals surface area contributed by atoms with Crippen molar-refractivity contribution in [2.24, 2.45) is 11.3 Å². The second kappa shape index (κ2) is 3.40. The highest BCUT2D eigenvalue weighted by molar-refractivity contribution is 5.58. The largest absolute Gasteiger partial charge is 0.316 e. The van der Waals surface area contributed by atoms with Gasteiger partial charge in [0, 0.05) is 12.0 Å². The normalized spacial score (nSPS) is 33.2. The van der Waals surface area contributed by atoms with Gasteiger partial charge in [0.2, 0.25) is 0 Å². The first-order valence-corrected chi connectivity index (χ1v) is 4.41. The SMILES string of the molecule is CNC1CC(C)(C)C=CC1C=O. The van der Waals surface area contributed by atoms with Crippen LogP contribution in [0, 0.1) is 11.3 Å². The minimum absolute atomic E-state index is 0.0584. The summed E-state index contributed by atoms with van der Waals surface area (Å²) in [6.07, 6.45) is 6.20. The molecule has 0 saturated heterocycles. The number of rotatable bonds is 2. The molecule has 68 valence electrons. The van der Waals surface area contributed by atoms with Crippen molar-refractivity contribution in [2.45, 2.75) is 26.3 Å². The Morgan fingerprint density at radius 1 is 1.58 bits per heavy atom. The fraction of sp³-hybridized carbons (Fsp3) is 0.700. The zero-order valence-corrected chi connectivity index (χ0v) is 8.00. The lowest BCUT2D eigenvalue weighted by atomic mass is 9.76. The molecule has 0 radical (unpaired) electrons. The molecule has 1 N–H and O–H groups in total. The van der Waals surface area contributed by atoms with Crippen molar-refractivity contribution in [2.75, 3.05) is 7.05 Å². The van der Waals surface area contributed by atoms with Crippen molar-refractivity contribution >= 4 is 6.29 Å². The molecule has 1 aliphatic rings. The van der Waals surface area contributed by atoms with Gasteiger partial charge in [-0.15, -0.1) is 0 Å². The number of allylic oxidation sites excluding steroid dienone is 1. The zero-order valence-electron chi connectivity index (χ0n) is 8.00. The Kier molecular flexibility index (Phi) is 2.68. The van der Waals surface area contributed by atoms with Crippen LogP contribution >= 0.6 is 0 Å². The van der Waals surface area contributed by atoms with Gasteiger partial charge in [-0.3, -0.25) is 0 Å². The fourth-order valence-corrected chi connectivity index (χ4v) is 1.71. The van der Waals surface area contributed by atoms with Crippen molar-refractivity contribution in [1.82, 2.24) is 5.32 Å². The number of carbonyl (C=O) groups excluding carboxylic acids is 1. The summed E-state index contributed by atoms with van der Waals surface area (Å²) in [6.45, 7) is 4.38. The van der Waals surface area contributed by atoms with Crippen molar-refractivity contribution < 1.29 is 4.79 Å². The molecule has 2 nitrogen and oxygen atoms in total. The molecule has 0 aromatic rings. The fourth-order valence-electron chi connectivity index (χ4n) is 1.71. The quantitative estimate of drug-likeness (QED) is 0.497. The van der Waals surface area contributed by atoms with Gasteiger partial charge in [-0.05, 0) is 18.9 Å². The molecule has 2 atom stereocenters. The molecule has 1 aliphatic carbocycles. The van der Waals surface area contributed by atoms with Crippen LogP contribution < -0.4 is 5.32 Å². The van der Waals surface area contributed by atoms with Crippen LogP contribution in [0.4, 0.5) is 0 Å². The Labute approximate surface area is 74.0 Å². The van der Waals surface area contributed by atoms with Crippen LogP contribution in [0.1, 0.15) is 20.3 Å². The van der Waals surface area contributed by atoms with Gasteiger partial charge in [0.25, 0.3) is 0 Å². The minimum atomic E-state index is 0.0584. The van der Waals surface area contributed by atoms with E-state index in [0.29, 0.717) is 6.04 Å². The smallest absolute Gasteiger partial charge is 0.128 e. The van der Waals surface area contributed by atoms with E-state index in [-0.39, 0.29) is 11.3 Å². The molecule has 0 bridgehead atoms. The van der Waals surface area contributed by atoms with Gasteiger partial charge in [0.1, 0.15) is 6.29 Å². The molecule has 0 aliphatic heterocycles. The second-order valence-electron chi connectivity index (χ2n) is 4.16. The third-order valence-electron chi connectivity index (χ3n) is 2.51. The standard InChI is InChI=1S/C10H17NO/c1-10(2)5-4-8(7-12)9(6-10)11-3/h4-5,7-9,11H,6H2,1-3H3. The van der Waals surface area contributed by atoms with Crippen LogP contribution in [0.3, 0.4) is 0 Å². The molecule has 0 spiro atoms. The Hall–Kier alpha value is -0.630.